The number of rotatable bonds is 7. The summed E-state index contributed by atoms with van der Waals surface area (Å²) >= 11 is 0. The van der Waals surface area contributed by atoms with Gasteiger partial charge in [-0.1, -0.05) is 36.4 Å². The van der Waals surface area contributed by atoms with Crippen molar-refractivity contribution in [1.29, 1.82) is 0 Å². The molecule has 3 rings (SSSR count). The molecule has 142 valence electrons. The second kappa shape index (κ2) is 9.32. The smallest absolute Gasteiger partial charge is 0.337 e. The molecule has 0 aliphatic heterocycles. The Morgan fingerprint density at radius 2 is 1.79 bits per heavy atom. The van der Waals surface area contributed by atoms with Gasteiger partial charge < -0.3 is 15.4 Å². The van der Waals surface area contributed by atoms with Gasteiger partial charge in [-0.2, -0.15) is 0 Å². The molecule has 1 aromatic heterocycles. The fourth-order valence-corrected chi connectivity index (χ4v) is 2.67. The van der Waals surface area contributed by atoms with Gasteiger partial charge in [-0.15, -0.1) is 0 Å². The topological polar surface area (TPSA) is 80.3 Å². The van der Waals surface area contributed by atoms with E-state index in [1.165, 1.54) is 12.7 Å². The molecule has 1 amide bonds. The number of hydrogen-bond acceptors (Lipinski definition) is 5. The highest BCUT2D eigenvalue weighted by atomic mass is 16.5. The first-order valence-electron chi connectivity index (χ1n) is 8.89. The van der Waals surface area contributed by atoms with E-state index < -0.39 is 5.97 Å². The first kappa shape index (κ1) is 19.1. The number of methoxy groups -OCH3 is 1. The van der Waals surface area contributed by atoms with Crippen molar-refractivity contribution in [3.05, 3.63) is 89.7 Å². The van der Waals surface area contributed by atoms with Gasteiger partial charge in [0, 0.05) is 12.2 Å². The Hall–Kier alpha value is -3.67. The van der Waals surface area contributed by atoms with E-state index in [0.717, 1.165) is 18.7 Å². The van der Waals surface area contributed by atoms with Gasteiger partial charge in [0.05, 0.1) is 24.6 Å². The standard InChI is InChI=1S/C22H21N3O3/c1-28-22(27)17-8-5-9-18(14-17)25-21(26)20-11-10-19(15-24-20)23-13-12-16-6-3-2-4-7-16/h2-11,14-15,23H,12-13H2,1H3,(H,25,26). The third-order valence-electron chi connectivity index (χ3n) is 4.12. The third-order valence-corrected chi connectivity index (χ3v) is 4.12. The van der Waals surface area contributed by atoms with Crippen LogP contribution in [0.3, 0.4) is 0 Å². The van der Waals surface area contributed by atoms with Crippen LogP contribution < -0.4 is 10.6 Å². The summed E-state index contributed by atoms with van der Waals surface area (Å²) in [6.07, 6.45) is 2.53. The molecule has 0 saturated heterocycles. The van der Waals surface area contributed by atoms with Crippen molar-refractivity contribution < 1.29 is 14.3 Å². The second-order valence-corrected chi connectivity index (χ2v) is 6.12. The number of esters is 1. The van der Waals surface area contributed by atoms with Crippen molar-refractivity contribution in [3.8, 4) is 0 Å². The Bertz CT molecular complexity index is 941. The molecule has 0 atom stereocenters. The molecular weight excluding hydrogens is 354 g/mol. The highest BCUT2D eigenvalue weighted by Gasteiger charge is 2.10. The molecule has 6 nitrogen and oxygen atoms in total. The maximum absolute atomic E-state index is 12.4. The highest BCUT2D eigenvalue weighted by Crippen LogP contribution is 2.14. The molecule has 0 aliphatic carbocycles. The number of benzene rings is 2. The number of hydrogen-bond donors (Lipinski definition) is 2. The van der Waals surface area contributed by atoms with Gasteiger partial charge in [0.25, 0.3) is 5.91 Å². The summed E-state index contributed by atoms with van der Waals surface area (Å²) in [4.78, 5) is 28.2. The molecule has 0 spiro atoms. The van der Waals surface area contributed by atoms with E-state index in [0.29, 0.717) is 11.3 Å². The number of nitrogens with zero attached hydrogens (tertiary/aromatic N) is 1. The van der Waals surface area contributed by atoms with E-state index in [-0.39, 0.29) is 11.6 Å². The first-order valence-corrected chi connectivity index (χ1v) is 8.89. The molecular formula is C22H21N3O3. The van der Waals surface area contributed by atoms with Gasteiger partial charge in [0.2, 0.25) is 0 Å². The van der Waals surface area contributed by atoms with E-state index in [4.69, 9.17) is 0 Å². The number of anilines is 2. The molecule has 0 saturated carbocycles. The fraction of sp³-hybridized carbons (Fsp3) is 0.136. The van der Waals surface area contributed by atoms with Crippen LogP contribution in [0.15, 0.2) is 72.9 Å². The summed E-state index contributed by atoms with van der Waals surface area (Å²) in [6.45, 7) is 0.775. The largest absolute Gasteiger partial charge is 0.465 e. The molecule has 2 N–H and O–H groups in total. The Morgan fingerprint density at radius 1 is 0.964 bits per heavy atom. The summed E-state index contributed by atoms with van der Waals surface area (Å²) in [5, 5.41) is 6.02. The number of nitrogens with one attached hydrogen (secondary N) is 2. The van der Waals surface area contributed by atoms with Gasteiger partial charge in [0.1, 0.15) is 5.69 Å². The average Bonchev–Trinajstić information content (AvgIpc) is 2.74. The normalized spacial score (nSPS) is 10.2. The first-order chi connectivity index (χ1) is 13.7. The van der Waals surface area contributed by atoms with Crippen molar-refractivity contribution in [3.63, 3.8) is 0 Å². The Balaban J connectivity index is 1.55. The van der Waals surface area contributed by atoms with Crippen molar-refractivity contribution in [2.24, 2.45) is 0 Å². The predicted molar refractivity (Wildman–Crippen MR) is 109 cm³/mol. The quantitative estimate of drug-likeness (QED) is 0.615. The van der Waals surface area contributed by atoms with Crippen LogP contribution in [0.25, 0.3) is 0 Å². The van der Waals surface area contributed by atoms with Crippen molar-refractivity contribution in [1.82, 2.24) is 4.98 Å². The summed E-state index contributed by atoms with van der Waals surface area (Å²) in [5.41, 5.74) is 3.26. The van der Waals surface area contributed by atoms with Gasteiger partial charge in [-0.25, -0.2) is 9.78 Å². The summed E-state index contributed by atoms with van der Waals surface area (Å²) in [6, 6.07) is 20.2. The van der Waals surface area contributed by atoms with Crippen LogP contribution in [0, 0.1) is 0 Å². The van der Waals surface area contributed by atoms with Crippen molar-refractivity contribution in [2.75, 3.05) is 24.3 Å². The minimum Gasteiger partial charge on any atom is -0.465 e. The lowest BCUT2D eigenvalue weighted by Gasteiger charge is -2.08. The minimum absolute atomic E-state index is 0.289. The van der Waals surface area contributed by atoms with Crippen LogP contribution in [0.4, 0.5) is 11.4 Å². The van der Waals surface area contributed by atoms with Crippen LogP contribution in [-0.2, 0) is 11.2 Å². The monoisotopic (exact) mass is 375 g/mol. The summed E-state index contributed by atoms with van der Waals surface area (Å²) in [5.74, 6) is -0.807. The molecule has 0 aliphatic rings. The van der Waals surface area contributed by atoms with Gasteiger partial charge >= 0.3 is 5.97 Å². The van der Waals surface area contributed by atoms with Crippen LogP contribution >= 0.6 is 0 Å². The minimum atomic E-state index is -0.458. The lowest BCUT2D eigenvalue weighted by Crippen LogP contribution is -2.14. The fourth-order valence-electron chi connectivity index (χ4n) is 2.67. The maximum atomic E-state index is 12.4. The number of amides is 1. The van der Waals surface area contributed by atoms with Gasteiger partial charge in [-0.05, 0) is 42.3 Å². The number of pyridine rings is 1. The third kappa shape index (κ3) is 5.17. The zero-order valence-corrected chi connectivity index (χ0v) is 15.5. The van der Waals surface area contributed by atoms with Crippen molar-refractivity contribution >= 4 is 23.3 Å². The zero-order chi connectivity index (χ0) is 19.8. The van der Waals surface area contributed by atoms with Gasteiger partial charge in [0.15, 0.2) is 0 Å². The molecule has 0 radical (unpaired) electrons. The predicted octanol–water partition coefficient (Wildman–Crippen LogP) is 3.78. The molecule has 3 aromatic rings. The molecule has 2 aromatic carbocycles. The molecule has 0 unspecified atom stereocenters. The summed E-state index contributed by atoms with van der Waals surface area (Å²) < 4.78 is 4.68. The lowest BCUT2D eigenvalue weighted by atomic mass is 10.1. The van der Waals surface area contributed by atoms with Crippen LogP contribution in [0.5, 0.6) is 0 Å². The molecule has 6 heteroatoms. The summed E-state index contributed by atoms with van der Waals surface area (Å²) in [7, 11) is 1.31. The number of aromatic nitrogens is 1. The van der Waals surface area contributed by atoms with Crippen LogP contribution in [0.1, 0.15) is 26.4 Å². The van der Waals surface area contributed by atoms with E-state index in [1.807, 2.05) is 24.3 Å². The van der Waals surface area contributed by atoms with E-state index in [9.17, 15) is 9.59 Å². The molecule has 0 bridgehead atoms. The van der Waals surface area contributed by atoms with Crippen LogP contribution in [-0.4, -0.2) is 30.5 Å². The Kier molecular flexibility index (Phi) is 6.36. The molecule has 28 heavy (non-hydrogen) atoms. The molecule has 1 heterocycles. The van der Waals surface area contributed by atoms with E-state index >= 15 is 0 Å². The van der Waals surface area contributed by atoms with E-state index in [2.05, 4.69) is 32.5 Å². The second-order valence-electron chi connectivity index (χ2n) is 6.12. The Labute approximate surface area is 163 Å². The number of carbonyl (C=O) groups excluding carboxylic acids is 2. The Morgan fingerprint density at radius 3 is 2.50 bits per heavy atom. The highest BCUT2D eigenvalue weighted by molar-refractivity contribution is 6.03. The average molecular weight is 375 g/mol. The van der Waals surface area contributed by atoms with Crippen molar-refractivity contribution in [2.45, 2.75) is 6.42 Å². The SMILES string of the molecule is COC(=O)c1cccc(NC(=O)c2ccc(NCCc3ccccc3)cn2)c1. The van der Waals surface area contributed by atoms with Crippen LogP contribution in [0.2, 0.25) is 0 Å². The lowest BCUT2D eigenvalue weighted by molar-refractivity contribution is 0.0600. The van der Waals surface area contributed by atoms with Gasteiger partial charge in [-0.3, -0.25) is 4.79 Å². The zero-order valence-electron chi connectivity index (χ0n) is 15.5. The van der Waals surface area contributed by atoms with E-state index in [1.54, 1.807) is 36.5 Å². The maximum Gasteiger partial charge on any atom is 0.337 e. The number of carbonyl (C=O) groups is 2. The number of ether oxygens (including phenoxy) is 1. The molecule has 0 fully saturated rings.